The first-order chi connectivity index (χ1) is 7.77. The van der Waals surface area contributed by atoms with Crippen LogP contribution in [-0.2, 0) is 6.42 Å². The highest BCUT2D eigenvalue weighted by Gasteiger charge is 2.27. The van der Waals surface area contributed by atoms with Crippen molar-refractivity contribution in [1.29, 1.82) is 0 Å². The van der Waals surface area contributed by atoms with Crippen LogP contribution in [-0.4, -0.2) is 9.67 Å². The van der Waals surface area contributed by atoms with Gasteiger partial charge in [-0.2, -0.15) is 0 Å². The second kappa shape index (κ2) is 3.92. The fourth-order valence-electron chi connectivity index (χ4n) is 3.57. The van der Waals surface area contributed by atoms with Crippen molar-refractivity contribution in [1.82, 2.24) is 4.57 Å². The van der Waals surface area contributed by atoms with Crippen molar-refractivity contribution in [2.45, 2.75) is 64.0 Å². The number of aliphatic hydroxyl groups excluding tert-OH is 1. The van der Waals surface area contributed by atoms with Gasteiger partial charge in [-0.1, -0.05) is 12.8 Å². The summed E-state index contributed by atoms with van der Waals surface area (Å²) in [6, 6.07) is 2.94. The van der Waals surface area contributed by atoms with Gasteiger partial charge < -0.3 is 9.67 Å². The predicted octanol–water partition coefficient (Wildman–Crippen LogP) is 3.28. The molecule has 2 aliphatic carbocycles. The van der Waals surface area contributed by atoms with Crippen LogP contribution in [0.3, 0.4) is 0 Å². The van der Waals surface area contributed by atoms with E-state index in [-0.39, 0.29) is 6.10 Å². The Morgan fingerprint density at radius 1 is 1.19 bits per heavy atom. The van der Waals surface area contributed by atoms with E-state index in [9.17, 15) is 5.11 Å². The SMILES string of the molecule is Cc1cc2c(n1C1CCCC1)CCCC2O. The smallest absolute Gasteiger partial charge is 0.0807 e. The van der Waals surface area contributed by atoms with Crippen molar-refractivity contribution in [3.63, 3.8) is 0 Å². The standard InChI is InChI=1S/C14H21NO/c1-10-9-12-13(7-4-8-14(12)16)15(10)11-5-2-3-6-11/h9,11,14,16H,2-8H2,1H3. The molecular weight excluding hydrogens is 198 g/mol. The van der Waals surface area contributed by atoms with Crippen LogP contribution in [0.25, 0.3) is 0 Å². The number of hydrogen-bond donors (Lipinski definition) is 1. The van der Waals surface area contributed by atoms with E-state index in [0.29, 0.717) is 6.04 Å². The fraction of sp³-hybridized carbons (Fsp3) is 0.714. The van der Waals surface area contributed by atoms with Gasteiger partial charge in [0.25, 0.3) is 0 Å². The van der Waals surface area contributed by atoms with E-state index in [1.165, 1.54) is 42.6 Å². The van der Waals surface area contributed by atoms with Crippen molar-refractivity contribution >= 4 is 0 Å². The van der Waals surface area contributed by atoms with Crippen LogP contribution < -0.4 is 0 Å². The van der Waals surface area contributed by atoms with Gasteiger partial charge in [-0.05, 0) is 45.1 Å². The van der Waals surface area contributed by atoms with Gasteiger partial charge >= 0.3 is 0 Å². The second-order valence-electron chi connectivity index (χ2n) is 5.40. The molecule has 3 rings (SSSR count). The van der Waals surface area contributed by atoms with Crippen molar-refractivity contribution < 1.29 is 5.11 Å². The molecule has 16 heavy (non-hydrogen) atoms. The molecule has 0 amide bonds. The van der Waals surface area contributed by atoms with Gasteiger partial charge in [0.1, 0.15) is 0 Å². The molecule has 1 atom stereocenters. The fourth-order valence-corrected chi connectivity index (χ4v) is 3.57. The molecule has 2 aliphatic rings. The normalized spacial score (nSPS) is 26.0. The molecule has 0 saturated heterocycles. The summed E-state index contributed by atoms with van der Waals surface area (Å²) in [7, 11) is 0. The van der Waals surface area contributed by atoms with E-state index in [1.807, 2.05) is 0 Å². The third-order valence-electron chi connectivity index (χ3n) is 4.31. The van der Waals surface area contributed by atoms with Crippen LogP contribution in [0, 0.1) is 6.92 Å². The summed E-state index contributed by atoms with van der Waals surface area (Å²) in [5, 5.41) is 10.0. The number of rotatable bonds is 1. The van der Waals surface area contributed by atoms with Gasteiger partial charge in [0, 0.05) is 23.0 Å². The molecule has 1 heterocycles. The number of aromatic nitrogens is 1. The molecule has 0 radical (unpaired) electrons. The van der Waals surface area contributed by atoms with Crippen molar-refractivity contribution in [2.24, 2.45) is 0 Å². The Morgan fingerprint density at radius 3 is 2.69 bits per heavy atom. The predicted molar refractivity (Wildman–Crippen MR) is 64.6 cm³/mol. The summed E-state index contributed by atoms with van der Waals surface area (Å²) in [5.41, 5.74) is 4.01. The van der Waals surface area contributed by atoms with Gasteiger partial charge in [0.05, 0.1) is 6.10 Å². The Bertz CT molecular complexity index is 388. The maximum atomic E-state index is 10.0. The first-order valence-electron chi connectivity index (χ1n) is 6.66. The van der Waals surface area contributed by atoms with E-state index < -0.39 is 0 Å². The minimum absolute atomic E-state index is 0.204. The maximum Gasteiger partial charge on any atom is 0.0807 e. The molecule has 88 valence electrons. The molecule has 1 unspecified atom stereocenters. The lowest BCUT2D eigenvalue weighted by molar-refractivity contribution is 0.155. The first kappa shape index (κ1) is 10.4. The van der Waals surface area contributed by atoms with Gasteiger partial charge in [-0.15, -0.1) is 0 Å². The summed E-state index contributed by atoms with van der Waals surface area (Å²) in [5.74, 6) is 0. The average Bonchev–Trinajstić information content (AvgIpc) is 2.85. The molecule has 2 heteroatoms. The van der Waals surface area contributed by atoms with Crippen LogP contribution in [0.4, 0.5) is 0 Å². The summed E-state index contributed by atoms with van der Waals surface area (Å²) < 4.78 is 2.53. The topological polar surface area (TPSA) is 25.2 Å². The number of aliphatic hydroxyl groups is 1. The van der Waals surface area contributed by atoms with E-state index >= 15 is 0 Å². The van der Waals surface area contributed by atoms with Crippen molar-refractivity contribution in [3.8, 4) is 0 Å². The Balaban J connectivity index is 2.03. The van der Waals surface area contributed by atoms with Gasteiger partial charge in [-0.25, -0.2) is 0 Å². The monoisotopic (exact) mass is 219 g/mol. The lowest BCUT2D eigenvalue weighted by Gasteiger charge is -2.23. The van der Waals surface area contributed by atoms with E-state index in [4.69, 9.17) is 0 Å². The number of fused-ring (bicyclic) bond motifs is 1. The van der Waals surface area contributed by atoms with Crippen molar-refractivity contribution in [2.75, 3.05) is 0 Å². The van der Waals surface area contributed by atoms with E-state index in [0.717, 1.165) is 19.3 Å². The van der Waals surface area contributed by atoms with E-state index in [1.54, 1.807) is 0 Å². The van der Waals surface area contributed by atoms with Crippen LogP contribution in [0.5, 0.6) is 0 Å². The van der Waals surface area contributed by atoms with Gasteiger partial charge in [0.2, 0.25) is 0 Å². The zero-order valence-corrected chi connectivity index (χ0v) is 10.1. The number of nitrogens with zero attached hydrogens (tertiary/aromatic N) is 1. The van der Waals surface area contributed by atoms with Crippen molar-refractivity contribution in [3.05, 3.63) is 23.0 Å². The third-order valence-corrected chi connectivity index (χ3v) is 4.31. The zero-order valence-electron chi connectivity index (χ0n) is 10.1. The van der Waals surface area contributed by atoms with Crippen LogP contribution >= 0.6 is 0 Å². The Labute approximate surface area is 97.3 Å². The van der Waals surface area contributed by atoms with Gasteiger partial charge in [0.15, 0.2) is 0 Å². The lowest BCUT2D eigenvalue weighted by atomic mass is 9.95. The molecule has 0 spiro atoms. The molecule has 0 aliphatic heterocycles. The minimum Gasteiger partial charge on any atom is -0.388 e. The highest BCUT2D eigenvalue weighted by Crippen LogP contribution is 2.38. The van der Waals surface area contributed by atoms with Crippen LogP contribution in [0.2, 0.25) is 0 Å². The van der Waals surface area contributed by atoms with Gasteiger partial charge in [-0.3, -0.25) is 0 Å². The summed E-state index contributed by atoms with van der Waals surface area (Å²) >= 11 is 0. The van der Waals surface area contributed by atoms with E-state index in [2.05, 4.69) is 17.6 Å². The summed E-state index contributed by atoms with van der Waals surface area (Å²) in [6.07, 6.45) is 8.46. The lowest BCUT2D eigenvalue weighted by Crippen LogP contribution is -2.15. The summed E-state index contributed by atoms with van der Waals surface area (Å²) in [6.45, 7) is 2.20. The first-order valence-corrected chi connectivity index (χ1v) is 6.66. The van der Waals surface area contributed by atoms with Crippen LogP contribution in [0.15, 0.2) is 6.07 Å². The van der Waals surface area contributed by atoms with Crippen LogP contribution in [0.1, 0.15) is 67.6 Å². The third kappa shape index (κ3) is 1.51. The molecule has 0 bridgehead atoms. The number of aryl methyl sites for hydroxylation is 1. The molecule has 0 aromatic carbocycles. The number of hydrogen-bond acceptors (Lipinski definition) is 1. The molecule has 1 fully saturated rings. The highest BCUT2D eigenvalue weighted by atomic mass is 16.3. The Morgan fingerprint density at radius 2 is 1.94 bits per heavy atom. The maximum absolute atomic E-state index is 10.0. The second-order valence-corrected chi connectivity index (χ2v) is 5.40. The summed E-state index contributed by atoms with van der Waals surface area (Å²) in [4.78, 5) is 0. The minimum atomic E-state index is -0.204. The average molecular weight is 219 g/mol. The molecule has 1 aromatic rings. The molecule has 2 nitrogen and oxygen atoms in total. The quantitative estimate of drug-likeness (QED) is 0.770. The molecule has 1 N–H and O–H groups in total. The zero-order chi connectivity index (χ0) is 11.1. The molecular formula is C14H21NO. The largest absolute Gasteiger partial charge is 0.388 e. The Kier molecular flexibility index (Phi) is 2.55. The molecule has 1 aromatic heterocycles. The molecule has 1 saturated carbocycles. The highest BCUT2D eigenvalue weighted by molar-refractivity contribution is 5.32. The Hall–Kier alpha value is -0.760.